The summed E-state index contributed by atoms with van der Waals surface area (Å²) in [7, 11) is 0. The number of aromatic nitrogens is 4. The van der Waals surface area contributed by atoms with Crippen LogP contribution in [-0.2, 0) is 12.7 Å². The maximum Gasteiger partial charge on any atom is 0.416 e. The van der Waals surface area contributed by atoms with Crippen molar-refractivity contribution in [1.29, 1.82) is 0 Å². The fourth-order valence-corrected chi connectivity index (χ4v) is 2.89. The van der Waals surface area contributed by atoms with Crippen molar-refractivity contribution in [3.63, 3.8) is 0 Å². The number of hydrogen-bond donors (Lipinski definition) is 0. The predicted octanol–water partition coefficient (Wildman–Crippen LogP) is 5.07. The average Bonchev–Trinajstić information content (AvgIpc) is 3.17. The molecule has 0 saturated carbocycles. The molecule has 140 valence electrons. The van der Waals surface area contributed by atoms with Crippen molar-refractivity contribution >= 4 is 0 Å². The van der Waals surface area contributed by atoms with E-state index in [2.05, 4.69) is 15.3 Å². The molecule has 0 saturated heterocycles. The van der Waals surface area contributed by atoms with Gasteiger partial charge in [-0.2, -0.15) is 13.2 Å². The van der Waals surface area contributed by atoms with E-state index in [0.717, 1.165) is 28.8 Å². The molecule has 28 heavy (non-hydrogen) atoms. The van der Waals surface area contributed by atoms with Crippen LogP contribution >= 0.6 is 0 Å². The Balaban J connectivity index is 1.51. The van der Waals surface area contributed by atoms with Crippen molar-refractivity contribution in [2.75, 3.05) is 0 Å². The zero-order chi connectivity index (χ0) is 19.6. The van der Waals surface area contributed by atoms with Gasteiger partial charge in [0.2, 0.25) is 0 Å². The molecule has 0 N–H and O–H groups in total. The lowest BCUT2D eigenvalue weighted by Crippen LogP contribution is -2.04. The summed E-state index contributed by atoms with van der Waals surface area (Å²) >= 11 is 0. The average molecular weight is 380 g/mol. The molecular formula is C21H15F3N4. The number of pyridine rings is 1. The lowest BCUT2D eigenvalue weighted by molar-refractivity contribution is -0.137. The normalized spacial score (nSPS) is 11.5. The lowest BCUT2D eigenvalue weighted by Gasteiger charge is -2.07. The first-order valence-electron chi connectivity index (χ1n) is 8.56. The Kier molecular flexibility index (Phi) is 4.65. The molecule has 4 nitrogen and oxygen atoms in total. The topological polar surface area (TPSA) is 43.6 Å². The van der Waals surface area contributed by atoms with Gasteiger partial charge in [0.15, 0.2) is 0 Å². The first kappa shape index (κ1) is 17.9. The van der Waals surface area contributed by atoms with Crippen LogP contribution in [0.4, 0.5) is 13.2 Å². The molecule has 0 unspecified atom stereocenters. The Morgan fingerprint density at radius 2 is 1.64 bits per heavy atom. The number of alkyl halides is 3. The van der Waals surface area contributed by atoms with Crippen LogP contribution in [0.25, 0.3) is 22.4 Å². The summed E-state index contributed by atoms with van der Waals surface area (Å²) in [5.41, 5.74) is 3.17. The summed E-state index contributed by atoms with van der Waals surface area (Å²) in [6.45, 7) is 0.472. The molecule has 0 aliphatic rings. The van der Waals surface area contributed by atoms with E-state index in [1.165, 1.54) is 6.07 Å². The number of nitrogens with zero attached hydrogens (tertiary/aromatic N) is 4. The van der Waals surface area contributed by atoms with Gasteiger partial charge >= 0.3 is 6.18 Å². The highest BCUT2D eigenvalue weighted by Gasteiger charge is 2.30. The second kappa shape index (κ2) is 7.26. The van der Waals surface area contributed by atoms with Crippen molar-refractivity contribution in [2.45, 2.75) is 12.7 Å². The standard InChI is InChI=1S/C21H15F3N4/c22-21(23,24)19-5-1-3-17(11-19)20-14-28(27-26-20)13-15-6-8-16(9-7-15)18-4-2-10-25-12-18/h1-12,14H,13H2. The number of benzene rings is 2. The van der Waals surface area contributed by atoms with E-state index in [0.29, 0.717) is 17.8 Å². The molecule has 2 heterocycles. The summed E-state index contributed by atoms with van der Waals surface area (Å²) < 4.78 is 40.3. The Bertz CT molecular complexity index is 1070. The molecule has 2 aromatic heterocycles. The minimum atomic E-state index is -4.39. The molecule has 0 aliphatic heterocycles. The van der Waals surface area contributed by atoms with E-state index in [9.17, 15) is 13.2 Å². The van der Waals surface area contributed by atoms with E-state index >= 15 is 0 Å². The van der Waals surface area contributed by atoms with Gasteiger partial charge in [-0.25, -0.2) is 4.68 Å². The highest BCUT2D eigenvalue weighted by molar-refractivity contribution is 5.62. The van der Waals surface area contributed by atoms with Crippen molar-refractivity contribution in [2.24, 2.45) is 0 Å². The summed E-state index contributed by atoms with van der Waals surface area (Å²) in [6.07, 6.45) is 0.783. The highest BCUT2D eigenvalue weighted by atomic mass is 19.4. The van der Waals surface area contributed by atoms with E-state index in [4.69, 9.17) is 0 Å². The predicted molar refractivity (Wildman–Crippen MR) is 99.2 cm³/mol. The molecule has 0 spiro atoms. The smallest absolute Gasteiger partial charge is 0.264 e. The van der Waals surface area contributed by atoms with Crippen LogP contribution in [0.15, 0.2) is 79.3 Å². The van der Waals surface area contributed by atoms with E-state index in [1.54, 1.807) is 29.3 Å². The van der Waals surface area contributed by atoms with E-state index in [-0.39, 0.29) is 0 Å². The molecule has 0 radical (unpaired) electrons. The fourth-order valence-electron chi connectivity index (χ4n) is 2.89. The third-order valence-electron chi connectivity index (χ3n) is 4.32. The monoisotopic (exact) mass is 380 g/mol. The second-order valence-electron chi connectivity index (χ2n) is 6.32. The second-order valence-corrected chi connectivity index (χ2v) is 6.32. The molecule has 7 heteroatoms. The maximum absolute atomic E-state index is 12.9. The highest BCUT2D eigenvalue weighted by Crippen LogP contribution is 2.31. The Labute approximate surface area is 159 Å². The van der Waals surface area contributed by atoms with Crippen LogP contribution in [0.5, 0.6) is 0 Å². The van der Waals surface area contributed by atoms with Gasteiger partial charge < -0.3 is 0 Å². The van der Waals surface area contributed by atoms with Crippen molar-refractivity contribution < 1.29 is 13.2 Å². The molecule has 0 amide bonds. The number of hydrogen-bond acceptors (Lipinski definition) is 3. The quantitative estimate of drug-likeness (QED) is 0.496. The molecule has 4 rings (SSSR count). The van der Waals surface area contributed by atoms with Gasteiger partial charge in [0, 0.05) is 18.0 Å². The maximum atomic E-state index is 12.9. The molecule has 0 bridgehead atoms. The van der Waals surface area contributed by atoms with Crippen molar-refractivity contribution in [1.82, 2.24) is 20.0 Å². The summed E-state index contributed by atoms with van der Waals surface area (Å²) in [6, 6.07) is 16.9. The summed E-state index contributed by atoms with van der Waals surface area (Å²) in [4.78, 5) is 4.11. The molecule has 0 aliphatic carbocycles. The molecule has 0 atom stereocenters. The van der Waals surface area contributed by atoms with Crippen LogP contribution in [0.3, 0.4) is 0 Å². The summed E-state index contributed by atoms with van der Waals surface area (Å²) in [5, 5.41) is 8.04. The largest absolute Gasteiger partial charge is 0.416 e. The minimum Gasteiger partial charge on any atom is -0.264 e. The van der Waals surface area contributed by atoms with Gasteiger partial charge in [-0.1, -0.05) is 47.7 Å². The van der Waals surface area contributed by atoms with Crippen LogP contribution < -0.4 is 0 Å². The van der Waals surface area contributed by atoms with E-state index in [1.807, 2.05) is 36.4 Å². The molecule has 2 aromatic carbocycles. The lowest BCUT2D eigenvalue weighted by atomic mass is 10.1. The van der Waals surface area contributed by atoms with Crippen molar-refractivity contribution in [3.05, 3.63) is 90.4 Å². The van der Waals surface area contributed by atoms with Gasteiger partial charge in [0.1, 0.15) is 5.69 Å². The molecule has 4 aromatic rings. The fraction of sp³-hybridized carbons (Fsp3) is 0.0952. The van der Waals surface area contributed by atoms with Crippen LogP contribution in [-0.4, -0.2) is 20.0 Å². The molecule has 0 fully saturated rings. The van der Waals surface area contributed by atoms with Gasteiger partial charge in [-0.05, 0) is 34.9 Å². The zero-order valence-corrected chi connectivity index (χ0v) is 14.6. The zero-order valence-electron chi connectivity index (χ0n) is 14.6. The Morgan fingerprint density at radius 1 is 0.857 bits per heavy atom. The van der Waals surface area contributed by atoms with Crippen molar-refractivity contribution in [3.8, 4) is 22.4 Å². The van der Waals surface area contributed by atoms with Crippen LogP contribution in [0, 0.1) is 0 Å². The first-order valence-corrected chi connectivity index (χ1v) is 8.56. The van der Waals surface area contributed by atoms with E-state index < -0.39 is 11.7 Å². The number of halogens is 3. The van der Waals surface area contributed by atoms with Gasteiger partial charge in [-0.3, -0.25) is 4.98 Å². The first-order chi connectivity index (χ1) is 13.5. The van der Waals surface area contributed by atoms with Gasteiger partial charge in [0.05, 0.1) is 18.3 Å². The van der Waals surface area contributed by atoms with Gasteiger partial charge in [0.25, 0.3) is 0 Å². The Hall–Kier alpha value is -3.48. The SMILES string of the molecule is FC(F)(F)c1cccc(-c2cn(Cc3ccc(-c4cccnc4)cc3)nn2)c1. The minimum absolute atomic E-state index is 0.382. The Morgan fingerprint density at radius 3 is 2.36 bits per heavy atom. The number of rotatable bonds is 4. The third-order valence-corrected chi connectivity index (χ3v) is 4.32. The van der Waals surface area contributed by atoms with Crippen LogP contribution in [0.1, 0.15) is 11.1 Å². The molecular weight excluding hydrogens is 365 g/mol. The van der Waals surface area contributed by atoms with Gasteiger partial charge in [-0.15, -0.1) is 5.10 Å². The third kappa shape index (κ3) is 3.93. The van der Waals surface area contributed by atoms with Crippen LogP contribution in [0.2, 0.25) is 0 Å². The summed E-state index contributed by atoms with van der Waals surface area (Å²) in [5.74, 6) is 0.